The van der Waals surface area contributed by atoms with E-state index in [2.05, 4.69) is 10.6 Å². The minimum absolute atomic E-state index is 0.683. The van der Waals surface area contributed by atoms with Crippen LogP contribution in [0.15, 0.2) is 0 Å². The smallest absolute Gasteiger partial charge is 0.217 e. The van der Waals surface area contributed by atoms with Crippen molar-refractivity contribution in [2.75, 3.05) is 19.8 Å². The SMILES string of the molecule is CC(=O)N[C@@H]1[C@@H](O[C@H]2O[C@H](CO)[C@H](O)[C@H](O[C@@H]3O[C@H](CO)[C@H](O)[C@H](O)[C@H]3O[C@@H]3O[C@@H](C)[C@@H](O)[C@@H](O)[C@@H]3O)[C@H]2NC(C)=O)[C@H](O)[C@@H](CO)O[C@@H]1O. The molecule has 0 bridgehead atoms. The number of ether oxygens (including phenoxy) is 7. The minimum Gasteiger partial charge on any atom is -0.394 e. The van der Waals surface area contributed by atoms with Crippen LogP contribution in [0.2, 0.25) is 0 Å². The molecule has 13 N–H and O–H groups in total. The third-order valence-electron chi connectivity index (χ3n) is 8.97. The molecule has 22 heteroatoms. The zero-order chi connectivity index (χ0) is 37.2. The van der Waals surface area contributed by atoms with Gasteiger partial charge in [-0.3, -0.25) is 9.59 Å². The molecule has 4 aliphatic heterocycles. The summed E-state index contributed by atoms with van der Waals surface area (Å²) in [5, 5.41) is 120. The number of aliphatic hydroxyl groups is 11. The van der Waals surface area contributed by atoms with Crippen LogP contribution in [0, 0.1) is 0 Å². The summed E-state index contributed by atoms with van der Waals surface area (Å²) < 4.78 is 39.8. The molecule has 0 unspecified atom stereocenters. The molecular formula is C28H48N2O20. The van der Waals surface area contributed by atoms with Gasteiger partial charge in [-0.05, 0) is 6.92 Å². The molecule has 290 valence electrons. The highest BCUT2D eigenvalue weighted by Gasteiger charge is 2.56. The topological polar surface area (TPSA) is 345 Å². The van der Waals surface area contributed by atoms with Gasteiger partial charge in [-0.15, -0.1) is 0 Å². The first kappa shape index (κ1) is 41.0. The third kappa shape index (κ3) is 8.70. The fourth-order valence-corrected chi connectivity index (χ4v) is 6.27. The van der Waals surface area contributed by atoms with Crippen LogP contribution in [0.1, 0.15) is 20.8 Å². The first-order valence-corrected chi connectivity index (χ1v) is 15.9. The average molecular weight is 733 g/mol. The Morgan fingerprint density at radius 1 is 0.520 bits per heavy atom. The quantitative estimate of drug-likeness (QED) is 0.0938. The van der Waals surface area contributed by atoms with Crippen LogP contribution in [0.3, 0.4) is 0 Å². The zero-order valence-electron chi connectivity index (χ0n) is 27.3. The summed E-state index contributed by atoms with van der Waals surface area (Å²) in [6.07, 6.45) is -30.6. The Kier molecular flexibility index (Phi) is 14.2. The lowest BCUT2D eigenvalue weighted by Gasteiger charge is -2.50. The molecule has 0 aliphatic carbocycles. The van der Waals surface area contributed by atoms with Crippen molar-refractivity contribution in [2.24, 2.45) is 0 Å². The van der Waals surface area contributed by atoms with Crippen LogP contribution in [0.25, 0.3) is 0 Å². The fraction of sp³-hybridized carbons (Fsp3) is 0.929. The third-order valence-corrected chi connectivity index (χ3v) is 8.97. The highest BCUT2D eigenvalue weighted by atomic mass is 16.8. The molecule has 50 heavy (non-hydrogen) atoms. The molecule has 22 nitrogen and oxygen atoms in total. The van der Waals surface area contributed by atoms with E-state index in [1.165, 1.54) is 6.92 Å². The molecule has 20 atom stereocenters. The number of amides is 2. The molecule has 4 saturated heterocycles. The van der Waals surface area contributed by atoms with Gasteiger partial charge in [-0.1, -0.05) is 0 Å². The summed E-state index contributed by atoms with van der Waals surface area (Å²) >= 11 is 0. The average Bonchev–Trinajstić information content (AvgIpc) is 3.06. The van der Waals surface area contributed by atoms with Crippen molar-refractivity contribution in [2.45, 2.75) is 143 Å². The van der Waals surface area contributed by atoms with E-state index < -0.39 is 154 Å². The van der Waals surface area contributed by atoms with Crippen LogP contribution in [0.5, 0.6) is 0 Å². The van der Waals surface area contributed by atoms with Crippen molar-refractivity contribution in [3.8, 4) is 0 Å². The number of rotatable bonds is 11. The number of carbonyl (C=O) groups excluding carboxylic acids is 2. The van der Waals surface area contributed by atoms with E-state index in [-0.39, 0.29) is 0 Å². The number of aliphatic hydroxyl groups excluding tert-OH is 11. The summed E-state index contributed by atoms with van der Waals surface area (Å²) in [6, 6.07) is -3.08. The molecule has 0 aromatic rings. The van der Waals surface area contributed by atoms with Gasteiger partial charge < -0.3 is 100.0 Å². The maximum Gasteiger partial charge on any atom is 0.217 e. The van der Waals surface area contributed by atoms with Gasteiger partial charge in [-0.25, -0.2) is 0 Å². The van der Waals surface area contributed by atoms with Gasteiger partial charge >= 0.3 is 0 Å². The molecule has 0 spiro atoms. The van der Waals surface area contributed by atoms with E-state index in [0.717, 1.165) is 13.8 Å². The van der Waals surface area contributed by atoms with Gasteiger partial charge in [0, 0.05) is 13.8 Å². The zero-order valence-corrected chi connectivity index (χ0v) is 27.3. The maximum absolute atomic E-state index is 12.5. The van der Waals surface area contributed by atoms with Gasteiger partial charge in [0.2, 0.25) is 11.8 Å². The lowest BCUT2D eigenvalue weighted by atomic mass is 9.93. The molecule has 0 aromatic heterocycles. The van der Waals surface area contributed by atoms with E-state index in [1.54, 1.807) is 0 Å². The molecule has 0 saturated carbocycles. The monoisotopic (exact) mass is 732 g/mol. The number of carbonyl (C=O) groups is 2. The van der Waals surface area contributed by atoms with Gasteiger partial charge in [-0.2, -0.15) is 0 Å². The Morgan fingerprint density at radius 2 is 0.980 bits per heavy atom. The van der Waals surface area contributed by atoms with Crippen LogP contribution < -0.4 is 10.6 Å². The largest absolute Gasteiger partial charge is 0.394 e. The van der Waals surface area contributed by atoms with Crippen molar-refractivity contribution >= 4 is 11.8 Å². The van der Waals surface area contributed by atoms with Crippen molar-refractivity contribution in [1.82, 2.24) is 10.6 Å². The van der Waals surface area contributed by atoms with Crippen molar-refractivity contribution in [3.63, 3.8) is 0 Å². The summed E-state index contributed by atoms with van der Waals surface area (Å²) in [4.78, 5) is 24.4. The number of hydrogen-bond donors (Lipinski definition) is 13. The predicted molar refractivity (Wildman–Crippen MR) is 156 cm³/mol. The van der Waals surface area contributed by atoms with Gasteiger partial charge in [0.1, 0.15) is 91.4 Å². The van der Waals surface area contributed by atoms with Gasteiger partial charge in [0.15, 0.2) is 25.2 Å². The van der Waals surface area contributed by atoms with E-state index in [0.29, 0.717) is 0 Å². The fourth-order valence-electron chi connectivity index (χ4n) is 6.27. The minimum atomic E-state index is -1.95. The molecule has 4 aliphatic rings. The van der Waals surface area contributed by atoms with Crippen LogP contribution in [-0.2, 0) is 42.7 Å². The van der Waals surface area contributed by atoms with E-state index in [1.807, 2.05) is 0 Å². The van der Waals surface area contributed by atoms with Gasteiger partial charge in [0.25, 0.3) is 0 Å². The van der Waals surface area contributed by atoms with Crippen LogP contribution in [0.4, 0.5) is 0 Å². The second-order valence-electron chi connectivity index (χ2n) is 12.6. The van der Waals surface area contributed by atoms with E-state index in [9.17, 15) is 65.8 Å². The highest BCUT2D eigenvalue weighted by molar-refractivity contribution is 5.73. The van der Waals surface area contributed by atoms with Crippen molar-refractivity contribution in [3.05, 3.63) is 0 Å². The first-order valence-electron chi connectivity index (χ1n) is 15.9. The second kappa shape index (κ2) is 17.4. The Bertz CT molecular complexity index is 1130. The summed E-state index contributed by atoms with van der Waals surface area (Å²) in [7, 11) is 0. The maximum atomic E-state index is 12.5. The van der Waals surface area contributed by atoms with E-state index in [4.69, 9.17) is 33.2 Å². The summed E-state index contributed by atoms with van der Waals surface area (Å²) in [6.45, 7) is 0.959. The summed E-state index contributed by atoms with van der Waals surface area (Å²) in [5.74, 6) is -1.44. The Hall–Kier alpha value is -1.78. The molecule has 4 heterocycles. The van der Waals surface area contributed by atoms with Crippen molar-refractivity contribution < 1.29 is 98.9 Å². The lowest BCUT2D eigenvalue weighted by Crippen LogP contribution is -2.71. The predicted octanol–water partition coefficient (Wildman–Crippen LogP) is -8.43. The molecule has 2 amide bonds. The van der Waals surface area contributed by atoms with Crippen molar-refractivity contribution in [1.29, 1.82) is 0 Å². The van der Waals surface area contributed by atoms with E-state index >= 15 is 0 Å². The van der Waals surface area contributed by atoms with Gasteiger partial charge in [0.05, 0.1) is 25.9 Å². The molecular weight excluding hydrogens is 684 g/mol. The number of hydrogen-bond acceptors (Lipinski definition) is 20. The Labute approximate surface area is 285 Å². The molecule has 4 fully saturated rings. The first-order chi connectivity index (χ1) is 23.5. The molecule has 0 aromatic carbocycles. The Balaban J connectivity index is 1.69. The normalized spacial score (nSPS) is 48.5. The Morgan fingerprint density at radius 3 is 1.54 bits per heavy atom. The summed E-state index contributed by atoms with van der Waals surface area (Å²) in [5.41, 5.74) is 0. The van der Waals surface area contributed by atoms with Crippen LogP contribution in [-0.4, -0.2) is 211 Å². The molecule has 4 rings (SSSR count). The standard InChI is InChI=1S/C28H48N2O20/c1-7-15(36)19(40)21(42)27(44-7)50-24-20(41)16(37)10(4-31)47-28(24)49-23-14(30-9(3)35)26(46-12(6-33)18(23)39)48-22-13(29-8(2)34)25(43)45-11(5-32)17(22)38/h7,10-28,31-33,36-43H,4-6H2,1-3H3,(H,29,34)(H,30,35)/t7-,10+,11+,12+,13+,14+,15+,16-,17+,18-,19+,20-,21-,22+,23+,24+,25-,26+,27-,28-/m0/s1. The number of nitrogens with one attached hydrogen (secondary N) is 2. The second-order valence-corrected chi connectivity index (χ2v) is 12.6. The van der Waals surface area contributed by atoms with Crippen LogP contribution >= 0.6 is 0 Å². The highest BCUT2D eigenvalue weighted by Crippen LogP contribution is 2.34. The molecule has 0 radical (unpaired) electrons. The lowest BCUT2D eigenvalue weighted by molar-refractivity contribution is -0.384.